The Morgan fingerprint density at radius 1 is 1.09 bits per heavy atom. The fourth-order valence-corrected chi connectivity index (χ4v) is 5.21. The molecular weight excluding hydrogens is 424 g/mol. The van der Waals surface area contributed by atoms with Crippen molar-refractivity contribution in [2.45, 2.75) is 65.4 Å². The van der Waals surface area contributed by atoms with Crippen LogP contribution in [-0.4, -0.2) is 58.1 Å². The van der Waals surface area contributed by atoms with Crippen LogP contribution in [0.5, 0.6) is 0 Å². The molecule has 0 spiro atoms. The maximum atomic E-state index is 12.4. The van der Waals surface area contributed by atoms with Gasteiger partial charge in [-0.25, -0.2) is 4.98 Å². The fraction of sp³-hybridized carbons (Fsp3) is 0.652. The van der Waals surface area contributed by atoms with Crippen LogP contribution < -0.4 is 15.1 Å². The lowest BCUT2D eigenvalue weighted by molar-refractivity contribution is 0.0985. The van der Waals surface area contributed by atoms with Crippen LogP contribution in [-0.2, 0) is 0 Å². The van der Waals surface area contributed by atoms with Crippen molar-refractivity contribution < 1.29 is 9.90 Å². The van der Waals surface area contributed by atoms with Crippen LogP contribution in [0.1, 0.15) is 67.7 Å². The molecule has 2 fully saturated rings. The number of piperidine rings is 2. The summed E-state index contributed by atoms with van der Waals surface area (Å²) < 4.78 is 0. The van der Waals surface area contributed by atoms with E-state index >= 15 is 0 Å². The summed E-state index contributed by atoms with van der Waals surface area (Å²) in [5.74, 6) is 3.18. The maximum absolute atomic E-state index is 12.4. The zero-order chi connectivity index (χ0) is 22.7. The Morgan fingerprint density at radius 3 is 2.28 bits per heavy atom. The number of hydrogen-bond donors (Lipinski definition) is 2. The van der Waals surface area contributed by atoms with Crippen molar-refractivity contribution in [1.82, 2.24) is 15.0 Å². The Hall–Kier alpha value is -2.26. The second-order valence-corrected chi connectivity index (χ2v) is 10.0. The van der Waals surface area contributed by atoms with Crippen LogP contribution in [0.4, 0.5) is 22.7 Å². The van der Waals surface area contributed by atoms with Gasteiger partial charge in [0.1, 0.15) is 11.6 Å². The maximum Gasteiger partial charge on any atom is 0.232 e. The summed E-state index contributed by atoms with van der Waals surface area (Å²) in [6.07, 6.45) is 4.94. The highest BCUT2D eigenvalue weighted by Crippen LogP contribution is 2.30. The highest BCUT2D eigenvalue weighted by molar-refractivity contribution is 7.17. The lowest BCUT2D eigenvalue weighted by Gasteiger charge is -2.34. The number of ketones is 1. The number of hydrogen-bond acceptors (Lipinski definition) is 9. The van der Waals surface area contributed by atoms with E-state index in [0.29, 0.717) is 22.4 Å². The minimum atomic E-state index is -0.230. The smallest absolute Gasteiger partial charge is 0.232 e. The van der Waals surface area contributed by atoms with Crippen molar-refractivity contribution in [2.24, 2.45) is 5.92 Å². The van der Waals surface area contributed by atoms with E-state index in [2.05, 4.69) is 33.1 Å². The van der Waals surface area contributed by atoms with Crippen molar-refractivity contribution in [3.63, 3.8) is 0 Å². The first kappa shape index (κ1) is 22.9. The van der Waals surface area contributed by atoms with E-state index < -0.39 is 0 Å². The number of nitrogens with zero attached hydrogens (tertiary/aromatic N) is 5. The number of Topliss-reactive ketones (excluding diaryl/α,β-unsaturated/α-hetero) is 1. The van der Waals surface area contributed by atoms with Gasteiger partial charge in [-0.2, -0.15) is 9.97 Å². The third-order valence-corrected chi connectivity index (χ3v) is 7.45. The van der Waals surface area contributed by atoms with Gasteiger partial charge in [0.15, 0.2) is 10.9 Å². The van der Waals surface area contributed by atoms with Crippen LogP contribution in [0.15, 0.2) is 6.07 Å². The summed E-state index contributed by atoms with van der Waals surface area (Å²) in [4.78, 5) is 31.8. The number of aliphatic hydroxyl groups excluding tert-OH is 1. The summed E-state index contributed by atoms with van der Waals surface area (Å²) in [5, 5.41) is 13.8. The summed E-state index contributed by atoms with van der Waals surface area (Å²) in [7, 11) is 0. The molecule has 0 saturated carbocycles. The quantitative estimate of drug-likeness (QED) is 0.597. The average Bonchev–Trinajstić information content (AvgIpc) is 3.14. The molecule has 4 heterocycles. The van der Waals surface area contributed by atoms with Crippen molar-refractivity contribution in [3.05, 3.63) is 16.6 Å². The molecular formula is C23H34N6O2S. The number of aliphatic hydroxyl groups is 1. The number of thiazole rings is 1. The molecule has 4 rings (SSSR count). The normalized spacial score (nSPS) is 18.2. The molecule has 0 aromatic carbocycles. The van der Waals surface area contributed by atoms with Crippen molar-refractivity contribution in [2.75, 3.05) is 41.3 Å². The molecule has 2 N–H and O–H groups in total. The minimum Gasteiger partial charge on any atom is -0.393 e. The molecule has 2 aromatic rings. The standard InChI is InChI=1S/C23H34N6O2S/c1-4-5-18(31)21-16(3)24-23(32-21)27-22-25-19(28-10-6-15(2)7-11-28)14-20(26-22)29-12-8-17(30)9-13-29/h14-15,17,30H,4-13H2,1-3H3,(H,24,25,26,27). The molecule has 9 heteroatoms. The summed E-state index contributed by atoms with van der Waals surface area (Å²) in [5.41, 5.74) is 0.752. The topological polar surface area (TPSA) is 94.5 Å². The molecule has 8 nitrogen and oxygen atoms in total. The molecule has 2 aliphatic rings. The van der Waals surface area contributed by atoms with Gasteiger partial charge >= 0.3 is 0 Å². The number of aryl methyl sites for hydroxylation is 1. The van der Waals surface area contributed by atoms with Crippen LogP contribution in [0.3, 0.4) is 0 Å². The van der Waals surface area contributed by atoms with E-state index in [9.17, 15) is 9.90 Å². The lowest BCUT2D eigenvalue weighted by Crippen LogP contribution is -2.37. The second kappa shape index (κ2) is 10.1. The van der Waals surface area contributed by atoms with Crippen LogP contribution >= 0.6 is 11.3 Å². The third kappa shape index (κ3) is 5.38. The van der Waals surface area contributed by atoms with Gasteiger partial charge < -0.3 is 14.9 Å². The first-order chi connectivity index (χ1) is 15.4. The third-order valence-electron chi connectivity index (χ3n) is 6.34. The largest absolute Gasteiger partial charge is 0.393 e. The Labute approximate surface area is 194 Å². The fourth-order valence-electron chi connectivity index (χ4n) is 4.28. The monoisotopic (exact) mass is 458 g/mol. The van der Waals surface area contributed by atoms with Crippen molar-refractivity contribution >= 4 is 39.8 Å². The number of anilines is 4. The van der Waals surface area contributed by atoms with E-state index in [1.165, 1.54) is 11.3 Å². The van der Waals surface area contributed by atoms with Crippen molar-refractivity contribution in [3.8, 4) is 0 Å². The highest BCUT2D eigenvalue weighted by atomic mass is 32.1. The number of carbonyl (C=O) groups excluding carboxylic acids is 1. The molecule has 174 valence electrons. The second-order valence-electron chi connectivity index (χ2n) is 9.03. The molecule has 32 heavy (non-hydrogen) atoms. The highest BCUT2D eigenvalue weighted by Gasteiger charge is 2.23. The number of rotatable bonds is 7. The van der Waals surface area contributed by atoms with Gasteiger partial charge in [-0.05, 0) is 44.9 Å². The van der Waals surface area contributed by atoms with E-state index in [0.717, 1.165) is 81.5 Å². The van der Waals surface area contributed by atoms with Crippen LogP contribution in [0.2, 0.25) is 0 Å². The van der Waals surface area contributed by atoms with Gasteiger partial charge in [-0.15, -0.1) is 0 Å². The minimum absolute atomic E-state index is 0.139. The Bertz CT molecular complexity index is 892. The predicted molar refractivity (Wildman–Crippen MR) is 129 cm³/mol. The van der Waals surface area contributed by atoms with Gasteiger partial charge in [0, 0.05) is 38.7 Å². The van der Waals surface area contributed by atoms with Gasteiger partial charge in [0.25, 0.3) is 0 Å². The number of aromatic nitrogens is 3. The molecule has 0 amide bonds. The van der Waals surface area contributed by atoms with Crippen LogP contribution in [0, 0.1) is 12.8 Å². The van der Waals surface area contributed by atoms with Gasteiger partial charge in [0.2, 0.25) is 5.95 Å². The van der Waals surface area contributed by atoms with E-state index in [4.69, 9.17) is 9.97 Å². The van der Waals surface area contributed by atoms with Crippen LogP contribution in [0.25, 0.3) is 0 Å². The zero-order valence-corrected chi connectivity index (χ0v) is 20.1. The van der Waals surface area contributed by atoms with E-state index in [-0.39, 0.29) is 11.9 Å². The molecule has 2 aromatic heterocycles. The molecule has 0 atom stereocenters. The van der Waals surface area contributed by atoms with Crippen molar-refractivity contribution in [1.29, 1.82) is 0 Å². The molecule has 0 aliphatic carbocycles. The number of carbonyl (C=O) groups is 1. The summed E-state index contributed by atoms with van der Waals surface area (Å²) in [6, 6.07) is 2.07. The first-order valence-electron chi connectivity index (χ1n) is 11.8. The Morgan fingerprint density at radius 2 is 1.69 bits per heavy atom. The van der Waals surface area contributed by atoms with Gasteiger partial charge in [-0.3, -0.25) is 10.1 Å². The summed E-state index contributed by atoms with van der Waals surface area (Å²) in [6.45, 7) is 9.72. The predicted octanol–water partition coefficient (Wildman–Crippen LogP) is 4.17. The van der Waals surface area contributed by atoms with Gasteiger partial charge in [0.05, 0.1) is 16.7 Å². The molecule has 0 bridgehead atoms. The first-order valence-corrected chi connectivity index (χ1v) is 12.6. The summed E-state index contributed by atoms with van der Waals surface area (Å²) >= 11 is 1.37. The molecule has 2 aliphatic heterocycles. The molecule has 2 saturated heterocycles. The SMILES string of the molecule is CCCC(=O)c1sc(Nc2nc(N3CCC(C)CC3)cc(N3CCC(O)CC3)n2)nc1C. The Kier molecular flexibility index (Phi) is 7.25. The molecule has 0 unspecified atom stereocenters. The lowest BCUT2D eigenvalue weighted by atomic mass is 9.99. The number of nitrogens with one attached hydrogen (secondary N) is 1. The zero-order valence-electron chi connectivity index (χ0n) is 19.3. The van der Waals surface area contributed by atoms with Gasteiger partial charge in [-0.1, -0.05) is 25.2 Å². The molecule has 0 radical (unpaired) electrons. The van der Waals surface area contributed by atoms with E-state index in [1.807, 2.05) is 13.8 Å². The van der Waals surface area contributed by atoms with E-state index in [1.54, 1.807) is 0 Å². The average molecular weight is 459 g/mol. The Balaban J connectivity index is 1.60.